The molecule has 0 aliphatic heterocycles. The van der Waals surface area contributed by atoms with Crippen LogP contribution in [0.2, 0.25) is 0 Å². The second-order valence-electron chi connectivity index (χ2n) is 6.48. The van der Waals surface area contributed by atoms with Gasteiger partial charge in [-0.05, 0) is 49.3 Å². The monoisotopic (exact) mass is 356 g/mol. The van der Waals surface area contributed by atoms with E-state index in [4.69, 9.17) is 0 Å². The lowest BCUT2D eigenvalue weighted by molar-refractivity contribution is -0.116. The minimum atomic E-state index is -0.166. The number of thiophene rings is 1. The maximum Gasteiger partial charge on any atom is 0.255 e. The Morgan fingerprint density at radius 2 is 1.96 bits per heavy atom. The third-order valence-electron chi connectivity index (χ3n) is 4.69. The SMILES string of the molecule is CCc1ccccc1NC(=O)CN(C)C(=O)c1csc2c1CCCC2. The van der Waals surface area contributed by atoms with Crippen molar-refractivity contribution in [1.29, 1.82) is 0 Å². The fourth-order valence-corrected chi connectivity index (χ4v) is 4.43. The Morgan fingerprint density at radius 1 is 1.20 bits per heavy atom. The first-order valence-electron chi connectivity index (χ1n) is 8.82. The van der Waals surface area contributed by atoms with Crippen molar-refractivity contribution in [2.45, 2.75) is 39.0 Å². The van der Waals surface area contributed by atoms with E-state index in [2.05, 4.69) is 12.2 Å². The molecular formula is C20H24N2O2S. The Morgan fingerprint density at radius 3 is 2.76 bits per heavy atom. The van der Waals surface area contributed by atoms with Crippen LogP contribution in [-0.4, -0.2) is 30.3 Å². The van der Waals surface area contributed by atoms with E-state index in [1.165, 1.54) is 21.8 Å². The van der Waals surface area contributed by atoms with E-state index in [0.717, 1.165) is 42.5 Å². The van der Waals surface area contributed by atoms with E-state index in [9.17, 15) is 9.59 Å². The van der Waals surface area contributed by atoms with E-state index < -0.39 is 0 Å². The molecule has 4 nitrogen and oxygen atoms in total. The van der Waals surface area contributed by atoms with Crippen LogP contribution in [0.1, 0.15) is 46.1 Å². The molecule has 132 valence electrons. The van der Waals surface area contributed by atoms with Crippen molar-refractivity contribution in [3.05, 3.63) is 51.2 Å². The second kappa shape index (κ2) is 7.83. The smallest absolute Gasteiger partial charge is 0.255 e. The normalized spacial score (nSPS) is 13.2. The molecule has 1 aromatic carbocycles. The lowest BCUT2D eigenvalue weighted by Crippen LogP contribution is -2.35. The number of hydrogen-bond acceptors (Lipinski definition) is 3. The number of likely N-dealkylation sites (N-methyl/N-ethyl adjacent to an activating group) is 1. The molecule has 5 heteroatoms. The number of rotatable bonds is 5. The molecule has 0 atom stereocenters. The van der Waals surface area contributed by atoms with Gasteiger partial charge in [-0.15, -0.1) is 11.3 Å². The molecule has 0 saturated heterocycles. The number of aryl methyl sites for hydroxylation is 2. The molecule has 1 heterocycles. The molecule has 0 bridgehead atoms. The van der Waals surface area contributed by atoms with Crippen LogP contribution in [0.25, 0.3) is 0 Å². The van der Waals surface area contributed by atoms with Crippen molar-refractivity contribution < 1.29 is 9.59 Å². The summed E-state index contributed by atoms with van der Waals surface area (Å²) in [4.78, 5) is 27.9. The maximum absolute atomic E-state index is 12.7. The second-order valence-corrected chi connectivity index (χ2v) is 7.44. The highest BCUT2D eigenvalue weighted by atomic mass is 32.1. The van der Waals surface area contributed by atoms with E-state index in [1.54, 1.807) is 18.4 Å². The van der Waals surface area contributed by atoms with Crippen LogP contribution in [0.3, 0.4) is 0 Å². The summed E-state index contributed by atoms with van der Waals surface area (Å²) in [7, 11) is 1.69. The van der Waals surface area contributed by atoms with Crippen molar-refractivity contribution in [3.8, 4) is 0 Å². The van der Waals surface area contributed by atoms with Gasteiger partial charge in [0, 0.05) is 23.0 Å². The summed E-state index contributed by atoms with van der Waals surface area (Å²) in [6, 6.07) is 7.76. The zero-order valence-corrected chi connectivity index (χ0v) is 15.6. The molecule has 2 amide bonds. The van der Waals surface area contributed by atoms with Gasteiger partial charge in [0.15, 0.2) is 0 Å². The Balaban J connectivity index is 1.65. The lowest BCUT2D eigenvalue weighted by Gasteiger charge is -2.19. The summed E-state index contributed by atoms with van der Waals surface area (Å²) in [6.07, 6.45) is 5.25. The number of nitrogens with one attached hydrogen (secondary N) is 1. The molecule has 0 saturated carbocycles. The molecule has 2 aromatic rings. The van der Waals surface area contributed by atoms with Crippen LogP contribution in [0.4, 0.5) is 5.69 Å². The number of carbonyl (C=O) groups excluding carboxylic acids is 2. The van der Waals surface area contributed by atoms with Crippen molar-refractivity contribution >= 4 is 28.8 Å². The van der Waals surface area contributed by atoms with E-state index in [-0.39, 0.29) is 18.4 Å². The van der Waals surface area contributed by atoms with Crippen LogP contribution in [0.5, 0.6) is 0 Å². The third kappa shape index (κ3) is 3.93. The summed E-state index contributed by atoms with van der Waals surface area (Å²) < 4.78 is 0. The predicted molar refractivity (Wildman–Crippen MR) is 102 cm³/mol. The summed E-state index contributed by atoms with van der Waals surface area (Å²) in [5.41, 5.74) is 3.90. The van der Waals surface area contributed by atoms with Gasteiger partial charge in [-0.25, -0.2) is 0 Å². The van der Waals surface area contributed by atoms with Gasteiger partial charge in [0.2, 0.25) is 5.91 Å². The molecule has 1 aliphatic rings. The number of fused-ring (bicyclic) bond motifs is 1. The van der Waals surface area contributed by atoms with Crippen LogP contribution in [0, 0.1) is 0 Å². The minimum Gasteiger partial charge on any atom is -0.332 e. The van der Waals surface area contributed by atoms with Gasteiger partial charge in [-0.1, -0.05) is 25.1 Å². The fourth-order valence-electron chi connectivity index (χ4n) is 3.31. The van der Waals surface area contributed by atoms with Crippen LogP contribution in [0.15, 0.2) is 29.6 Å². The van der Waals surface area contributed by atoms with Crippen molar-refractivity contribution in [3.63, 3.8) is 0 Å². The first-order valence-corrected chi connectivity index (χ1v) is 9.70. The van der Waals surface area contributed by atoms with Crippen molar-refractivity contribution in [1.82, 2.24) is 4.90 Å². The third-order valence-corrected chi connectivity index (χ3v) is 5.78. The van der Waals surface area contributed by atoms with Gasteiger partial charge in [0.1, 0.15) is 0 Å². The van der Waals surface area contributed by atoms with Gasteiger partial charge in [-0.3, -0.25) is 9.59 Å². The molecule has 0 fully saturated rings. The Hall–Kier alpha value is -2.14. The van der Waals surface area contributed by atoms with Gasteiger partial charge < -0.3 is 10.2 Å². The Labute approximate surface area is 152 Å². The van der Waals surface area contributed by atoms with Crippen LogP contribution >= 0.6 is 11.3 Å². The fraction of sp³-hybridized carbons (Fsp3) is 0.400. The van der Waals surface area contributed by atoms with Gasteiger partial charge in [0.05, 0.1) is 12.1 Å². The topological polar surface area (TPSA) is 49.4 Å². The number of hydrogen-bond donors (Lipinski definition) is 1. The summed E-state index contributed by atoms with van der Waals surface area (Å²) in [6.45, 7) is 2.11. The zero-order chi connectivity index (χ0) is 17.8. The van der Waals surface area contributed by atoms with Gasteiger partial charge in [-0.2, -0.15) is 0 Å². The Kier molecular flexibility index (Phi) is 5.53. The molecule has 0 unspecified atom stereocenters. The lowest BCUT2D eigenvalue weighted by atomic mass is 9.95. The summed E-state index contributed by atoms with van der Waals surface area (Å²) in [5.74, 6) is -0.223. The van der Waals surface area contributed by atoms with Gasteiger partial charge >= 0.3 is 0 Å². The first-order chi connectivity index (χ1) is 12.1. The molecule has 1 aliphatic carbocycles. The summed E-state index contributed by atoms with van der Waals surface area (Å²) >= 11 is 1.68. The standard InChI is InChI=1S/C20H24N2O2S/c1-3-14-8-4-6-10-17(14)21-19(23)12-22(2)20(24)16-13-25-18-11-7-5-9-15(16)18/h4,6,8,10,13H,3,5,7,9,11-12H2,1-2H3,(H,21,23). The highest BCUT2D eigenvalue weighted by molar-refractivity contribution is 7.10. The van der Waals surface area contributed by atoms with E-state index in [1.807, 2.05) is 29.6 Å². The largest absolute Gasteiger partial charge is 0.332 e. The average molecular weight is 356 g/mol. The Bertz CT molecular complexity index is 782. The number of carbonyl (C=O) groups is 2. The number of benzene rings is 1. The highest BCUT2D eigenvalue weighted by Crippen LogP contribution is 2.30. The van der Waals surface area contributed by atoms with E-state index in [0.29, 0.717) is 0 Å². The van der Waals surface area contributed by atoms with E-state index >= 15 is 0 Å². The molecular weight excluding hydrogens is 332 g/mol. The van der Waals surface area contributed by atoms with Crippen LogP contribution in [-0.2, 0) is 24.1 Å². The molecule has 0 spiro atoms. The van der Waals surface area contributed by atoms with Crippen molar-refractivity contribution in [2.75, 3.05) is 18.9 Å². The average Bonchev–Trinajstić information content (AvgIpc) is 3.05. The van der Waals surface area contributed by atoms with Gasteiger partial charge in [0.25, 0.3) is 5.91 Å². The molecule has 1 aromatic heterocycles. The minimum absolute atomic E-state index is 0.0570. The zero-order valence-electron chi connectivity index (χ0n) is 14.8. The van der Waals surface area contributed by atoms with Crippen molar-refractivity contribution in [2.24, 2.45) is 0 Å². The number of para-hydroxylation sites is 1. The highest BCUT2D eigenvalue weighted by Gasteiger charge is 2.23. The van der Waals surface area contributed by atoms with Crippen LogP contribution < -0.4 is 5.32 Å². The molecule has 25 heavy (non-hydrogen) atoms. The number of amides is 2. The first kappa shape index (κ1) is 17.7. The molecule has 0 radical (unpaired) electrons. The quantitative estimate of drug-likeness (QED) is 0.883. The number of anilines is 1. The molecule has 1 N–H and O–H groups in total. The predicted octanol–water partition coefficient (Wildman–Crippen LogP) is 3.90. The maximum atomic E-state index is 12.7. The summed E-state index contributed by atoms with van der Waals surface area (Å²) in [5, 5.41) is 4.88. The molecule has 3 rings (SSSR count). The number of nitrogens with zero attached hydrogens (tertiary/aromatic N) is 1.